The monoisotopic (exact) mass is 397 g/mol. The smallest absolute Gasteiger partial charge is 0.331 e. The van der Waals surface area contributed by atoms with Gasteiger partial charge in [-0.1, -0.05) is 37.8 Å². The number of carbonyl (C=O) groups is 2. The average Bonchev–Trinajstić information content (AvgIpc) is 3.12. The normalized spacial score (nSPS) is 15.3. The zero-order valence-electron chi connectivity index (χ0n) is 16.2. The van der Waals surface area contributed by atoms with E-state index < -0.39 is 11.5 Å². The van der Waals surface area contributed by atoms with Gasteiger partial charge in [0.25, 0.3) is 5.91 Å². The van der Waals surface area contributed by atoms with Gasteiger partial charge in [0.15, 0.2) is 11.5 Å². The minimum Gasteiger partial charge on any atom is -0.490 e. The summed E-state index contributed by atoms with van der Waals surface area (Å²) in [7, 11) is 1.33. The van der Waals surface area contributed by atoms with Gasteiger partial charge in [0.2, 0.25) is 0 Å². The molecule has 0 spiro atoms. The molecule has 0 unspecified atom stereocenters. The zero-order chi connectivity index (χ0) is 19.9. The van der Waals surface area contributed by atoms with Crippen LogP contribution in [0.4, 0.5) is 0 Å². The van der Waals surface area contributed by atoms with Crippen LogP contribution in [0.25, 0.3) is 0 Å². The molecule has 1 amide bonds. The fraction of sp³-hybridized carbons (Fsp3) is 0.600. The number of nitrogens with one attached hydrogen (secondary N) is 1. The molecule has 0 atom stereocenters. The van der Waals surface area contributed by atoms with Crippen LogP contribution in [-0.4, -0.2) is 37.7 Å². The third-order valence-electron chi connectivity index (χ3n) is 4.70. The second-order valence-corrected chi connectivity index (χ2v) is 7.06. The number of esters is 1. The van der Waals surface area contributed by atoms with Gasteiger partial charge in [0.05, 0.1) is 25.3 Å². The molecule has 2 rings (SSSR count). The Balaban J connectivity index is 2.26. The SMILES string of the molecule is CCCCOc1c(Cl)cc(C(=O)NC2(C(=O)OC)CCCC2)cc1OCC. The second kappa shape index (κ2) is 9.83. The molecule has 1 aromatic carbocycles. The van der Waals surface area contributed by atoms with E-state index in [-0.39, 0.29) is 5.91 Å². The summed E-state index contributed by atoms with van der Waals surface area (Å²) in [6, 6.07) is 3.15. The van der Waals surface area contributed by atoms with Gasteiger partial charge in [-0.25, -0.2) is 4.79 Å². The highest BCUT2D eigenvalue weighted by molar-refractivity contribution is 6.32. The van der Waals surface area contributed by atoms with Gasteiger partial charge < -0.3 is 19.5 Å². The Kier molecular flexibility index (Phi) is 7.78. The van der Waals surface area contributed by atoms with Crippen molar-refractivity contribution in [3.63, 3.8) is 0 Å². The largest absolute Gasteiger partial charge is 0.490 e. The van der Waals surface area contributed by atoms with E-state index in [0.29, 0.717) is 48.1 Å². The van der Waals surface area contributed by atoms with Gasteiger partial charge in [0, 0.05) is 5.56 Å². The molecule has 1 aliphatic carbocycles. The van der Waals surface area contributed by atoms with Gasteiger partial charge in [0.1, 0.15) is 5.54 Å². The lowest BCUT2D eigenvalue weighted by Crippen LogP contribution is -2.53. The fourth-order valence-electron chi connectivity index (χ4n) is 3.26. The summed E-state index contributed by atoms with van der Waals surface area (Å²) in [5, 5.41) is 3.17. The molecule has 150 valence electrons. The standard InChI is InChI=1S/C20H28ClNO5/c1-4-6-11-27-17-15(21)12-14(13-16(17)26-5-2)18(23)22-20(19(24)25-3)9-7-8-10-20/h12-13H,4-11H2,1-3H3,(H,22,23). The summed E-state index contributed by atoms with van der Waals surface area (Å²) < 4.78 is 16.3. The lowest BCUT2D eigenvalue weighted by Gasteiger charge is -2.27. The number of ether oxygens (including phenoxy) is 3. The zero-order valence-corrected chi connectivity index (χ0v) is 17.0. The number of amides is 1. The highest BCUT2D eigenvalue weighted by atomic mass is 35.5. The Morgan fingerprint density at radius 2 is 1.89 bits per heavy atom. The first kappa shape index (κ1) is 21.4. The van der Waals surface area contributed by atoms with Crippen LogP contribution in [0, 0.1) is 0 Å². The lowest BCUT2D eigenvalue weighted by molar-refractivity contribution is -0.148. The molecule has 0 bridgehead atoms. The lowest BCUT2D eigenvalue weighted by atomic mass is 9.97. The molecular weight excluding hydrogens is 370 g/mol. The molecule has 0 saturated heterocycles. The molecule has 0 heterocycles. The molecule has 7 heteroatoms. The van der Waals surface area contributed by atoms with Crippen molar-refractivity contribution in [2.45, 2.75) is 57.9 Å². The highest BCUT2D eigenvalue weighted by Crippen LogP contribution is 2.37. The molecule has 1 saturated carbocycles. The Morgan fingerprint density at radius 3 is 2.48 bits per heavy atom. The average molecular weight is 398 g/mol. The number of halogens is 1. The Bertz CT molecular complexity index is 671. The van der Waals surface area contributed by atoms with Crippen molar-refractivity contribution in [3.05, 3.63) is 22.7 Å². The topological polar surface area (TPSA) is 73.9 Å². The fourth-order valence-corrected chi connectivity index (χ4v) is 3.53. The molecule has 1 aromatic rings. The second-order valence-electron chi connectivity index (χ2n) is 6.66. The molecule has 6 nitrogen and oxygen atoms in total. The number of methoxy groups -OCH3 is 1. The van der Waals surface area contributed by atoms with Crippen LogP contribution in [0.3, 0.4) is 0 Å². The minimum atomic E-state index is -0.972. The van der Waals surface area contributed by atoms with Crippen molar-refractivity contribution in [3.8, 4) is 11.5 Å². The van der Waals surface area contributed by atoms with Crippen LogP contribution < -0.4 is 14.8 Å². The summed E-state index contributed by atoms with van der Waals surface area (Å²) in [6.07, 6.45) is 4.75. The predicted octanol–water partition coefficient (Wildman–Crippen LogP) is 4.13. The number of unbranched alkanes of at least 4 members (excludes halogenated alkanes) is 1. The van der Waals surface area contributed by atoms with E-state index in [1.165, 1.54) is 7.11 Å². The summed E-state index contributed by atoms with van der Waals surface area (Å²) in [5.74, 6) is 0.0612. The van der Waals surface area contributed by atoms with Crippen LogP contribution in [0.1, 0.15) is 62.7 Å². The molecule has 0 aromatic heterocycles. The van der Waals surface area contributed by atoms with Crippen LogP contribution in [-0.2, 0) is 9.53 Å². The predicted molar refractivity (Wildman–Crippen MR) is 104 cm³/mol. The third kappa shape index (κ3) is 5.06. The quantitative estimate of drug-likeness (QED) is 0.501. The number of rotatable bonds is 9. The Morgan fingerprint density at radius 1 is 1.19 bits per heavy atom. The number of hydrogen-bond donors (Lipinski definition) is 1. The first-order valence-electron chi connectivity index (χ1n) is 9.47. The maximum Gasteiger partial charge on any atom is 0.331 e. The van der Waals surface area contributed by atoms with Gasteiger partial charge in [-0.2, -0.15) is 0 Å². The van der Waals surface area contributed by atoms with E-state index in [0.717, 1.165) is 25.7 Å². The van der Waals surface area contributed by atoms with Crippen LogP contribution in [0.15, 0.2) is 12.1 Å². The number of benzene rings is 1. The first-order chi connectivity index (χ1) is 13.0. The maximum absolute atomic E-state index is 12.8. The molecular formula is C20H28ClNO5. The van der Waals surface area contributed by atoms with Gasteiger partial charge >= 0.3 is 5.97 Å². The van der Waals surface area contributed by atoms with E-state index in [1.54, 1.807) is 12.1 Å². The Labute approximate surface area is 165 Å². The summed E-state index contributed by atoms with van der Waals surface area (Å²) >= 11 is 6.36. The van der Waals surface area contributed by atoms with Crippen molar-refractivity contribution >= 4 is 23.5 Å². The Hall–Kier alpha value is -1.95. The van der Waals surface area contributed by atoms with Crippen LogP contribution in [0.5, 0.6) is 11.5 Å². The van der Waals surface area contributed by atoms with E-state index >= 15 is 0 Å². The minimum absolute atomic E-state index is 0.306. The molecule has 27 heavy (non-hydrogen) atoms. The van der Waals surface area contributed by atoms with Crippen molar-refractivity contribution in [2.75, 3.05) is 20.3 Å². The van der Waals surface area contributed by atoms with Crippen molar-refractivity contribution in [1.82, 2.24) is 5.32 Å². The summed E-state index contributed by atoms with van der Waals surface area (Å²) in [5.41, 5.74) is -0.651. The van der Waals surface area contributed by atoms with Crippen molar-refractivity contribution in [2.24, 2.45) is 0 Å². The molecule has 1 aliphatic rings. The molecule has 1 fully saturated rings. The van der Waals surface area contributed by atoms with E-state index in [9.17, 15) is 9.59 Å². The first-order valence-corrected chi connectivity index (χ1v) is 9.85. The van der Waals surface area contributed by atoms with E-state index in [4.69, 9.17) is 25.8 Å². The van der Waals surface area contributed by atoms with Crippen LogP contribution in [0.2, 0.25) is 5.02 Å². The molecule has 0 radical (unpaired) electrons. The van der Waals surface area contributed by atoms with Gasteiger partial charge in [-0.05, 0) is 38.3 Å². The van der Waals surface area contributed by atoms with Crippen LogP contribution >= 0.6 is 11.6 Å². The van der Waals surface area contributed by atoms with Gasteiger partial charge in [-0.15, -0.1) is 0 Å². The highest BCUT2D eigenvalue weighted by Gasteiger charge is 2.43. The van der Waals surface area contributed by atoms with E-state index in [2.05, 4.69) is 12.2 Å². The van der Waals surface area contributed by atoms with Crippen molar-refractivity contribution in [1.29, 1.82) is 0 Å². The maximum atomic E-state index is 12.8. The molecule has 0 aliphatic heterocycles. The number of hydrogen-bond acceptors (Lipinski definition) is 5. The van der Waals surface area contributed by atoms with Crippen molar-refractivity contribution < 1.29 is 23.8 Å². The van der Waals surface area contributed by atoms with Gasteiger partial charge in [-0.3, -0.25) is 4.79 Å². The number of carbonyl (C=O) groups excluding carboxylic acids is 2. The molecule has 1 N–H and O–H groups in total. The van der Waals surface area contributed by atoms with E-state index in [1.807, 2.05) is 6.92 Å². The summed E-state index contributed by atoms with van der Waals surface area (Å²) in [4.78, 5) is 25.1. The third-order valence-corrected chi connectivity index (χ3v) is 4.98. The summed E-state index contributed by atoms with van der Waals surface area (Å²) in [6.45, 7) is 4.86.